The number of hydrogen-bond acceptors (Lipinski definition) is 3. The van der Waals surface area contributed by atoms with Gasteiger partial charge in [-0.1, -0.05) is 0 Å². The summed E-state index contributed by atoms with van der Waals surface area (Å²) >= 11 is 0. The number of rotatable bonds is 3. The maximum absolute atomic E-state index is 12.9. The van der Waals surface area contributed by atoms with E-state index in [0.29, 0.717) is 5.69 Å². The van der Waals surface area contributed by atoms with Crippen molar-refractivity contribution in [1.29, 1.82) is 5.26 Å². The topological polar surface area (TPSA) is 64.9 Å². The quantitative estimate of drug-likeness (QED) is 0.837. The van der Waals surface area contributed by atoms with Crippen molar-refractivity contribution in [3.63, 3.8) is 0 Å². The van der Waals surface area contributed by atoms with Gasteiger partial charge in [-0.15, -0.1) is 0 Å². The standard InChI is InChI=1S/C12H14FN3O/c1-12(2,15-3)11(17)16-10-5-4-9(13)6-8(10)7-14/h4-6,15H,1-3H3,(H,16,17). The Labute approximate surface area is 99.4 Å². The van der Waals surface area contributed by atoms with Crippen LogP contribution in [0.3, 0.4) is 0 Å². The predicted molar refractivity (Wildman–Crippen MR) is 62.9 cm³/mol. The Morgan fingerprint density at radius 2 is 2.12 bits per heavy atom. The lowest BCUT2D eigenvalue weighted by Gasteiger charge is -2.23. The maximum atomic E-state index is 12.9. The third-order valence-corrected chi connectivity index (χ3v) is 2.54. The highest BCUT2D eigenvalue weighted by molar-refractivity contribution is 5.98. The Kier molecular flexibility index (Phi) is 3.81. The zero-order valence-electron chi connectivity index (χ0n) is 9.97. The summed E-state index contributed by atoms with van der Waals surface area (Å²) in [5, 5.41) is 14.3. The van der Waals surface area contributed by atoms with Crippen LogP contribution >= 0.6 is 0 Å². The normalized spacial score (nSPS) is 10.8. The number of nitrogens with zero attached hydrogens (tertiary/aromatic N) is 1. The lowest BCUT2D eigenvalue weighted by Crippen LogP contribution is -2.48. The molecule has 4 nitrogen and oxygen atoms in total. The Morgan fingerprint density at radius 3 is 2.65 bits per heavy atom. The van der Waals surface area contributed by atoms with Gasteiger partial charge in [-0.25, -0.2) is 4.39 Å². The number of carbonyl (C=O) groups is 1. The number of halogens is 1. The smallest absolute Gasteiger partial charge is 0.244 e. The fourth-order valence-corrected chi connectivity index (χ4v) is 1.11. The van der Waals surface area contributed by atoms with Crippen molar-refractivity contribution >= 4 is 11.6 Å². The summed E-state index contributed by atoms with van der Waals surface area (Å²) in [6.07, 6.45) is 0. The Morgan fingerprint density at radius 1 is 1.47 bits per heavy atom. The van der Waals surface area contributed by atoms with Crippen LogP contribution in [-0.4, -0.2) is 18.5 Å². The SMILES string of the molecule is CNC(C)(C)C(=O)Nc1ccc(F)cc1C#N. The van der Waals surface area contributed by atoms with E-state index in [1.165, 1.54) is 12.1 Å². The largest absolute Gasteiger partial charge is 0.323 e. The van der Waals surface area contributed by atoms with E-state index in [2.05, 4.69) is 10.6 Å². The van der Waals surface area contributed by atoms with Gasteiger partial charge in [0, 0.05) is 0 Å². The summed E-state index contributed by atoms with van der Waals surface area (Å²) in [5.41, 5.74) is -0.353. The van der Waals surface area contributed by atoms with E-state index < -0.39 is 11.4 Å². The second kappa shape index (κ2) is 4.93. The van der Waals surface area contributed by atoms with Crippen LogP contribution in [-0.2, 0) is 4.79 Å². The van der Waals surface area contributed by atoms with Crippen molar-refractivity contribution in [2.45, 2.75) is 19.4 Å². The number of nitrogens with one attached hydrogen (secondary N) is 2. The average Bonchev–Trinajstić information content (AvgIpc) is 2.31. The van der Waals surface area contributed by atoms with Crippen molar-refractivity contribution < 1.29 is 9.18 Å². The van der Waals surface area contributed by atoms with Crippen molar-refractivity contribution in [3.05, 3.63) is 29.6 Å². The molecule has 2 N–H and O–H groups in total. The molecule has 0 saturated carbocycles. The van der Waals surface area contributed by atoms with E-state index in [0.717, 1.165) is 6.07 Å². The van der Waals surface area contributed by atoms with Crippen molar-refractivity contribution in [1.82, 2.24) is 5.32 Å². The number of nitriles is 1. The van der Waals surface area contributed by atoms with E-state index >= 15 is 0 Å². The zero-order valence-corrected chi connectivity index (χ0v) is 9.97. The molecule has 90 valence electrons. The number of carbonyl (C=O) groups excluding carboxylic acids is 1. The molecule has 0 unspecified atom stereocenters. The fraction of sp³-hybridized carbons (Fsp3) is 0.333. The molecule has 1 amide bonds. The zero-order chi connectivity index (χ0) is 13.1. The van der Waals surface area contributed by atoms with Crippen molar-refractivity contribution in [2.75, 3.05) is 12.4 Å². The molecule has 0 spiro atoms. The van der Waals surface area contributed by atoms with Crippen LogP contribution in [0.25, 0.3) is 0 Å². The number of amides is 1. The molecule has 17 heavy (non-hydrogen) atoms. The minimum absolute atomic E-state index is 0.102. The molecule has 0 aliphatic carbocycles. The molecule has 0 saturated heterocycles. The molecule has 0 aliphatic heterocycles. The predicted octanol–water partition coefficient (Wildman–Crippen LogP) is 1.63. The van der Waals surface area contributed by atoms with Crippen LogP contribution in [0.5, 0.6) is 0 Å². The average molecular weight is 235 g/mol. The lowest BCUT2D eigenvalue weighted by atomic mass is 10.0. The first-order chi connectivity index (χ1) is 7.90. The van der Waals surface area contributed by atoms with Gasteiger partial charge in [0.15, 0.2) is 0 Å². The number of anilines is 1. The summed E-state index contributed by atoms with van der Waals surface area (Å²) in [6.45, 7) is 3.41. The van der Waals surface area contributed by atoms with E-state index in [9.17, 15) is 9.18 Å². The summed E-state index contributed by atoms with van der Waals surface area (Å²) < 4.78 is 12.9. The molecule has 0 aliphatic rings. The molecule has 0 fully saturated rings. The fourth-order valence-electron chi connectivity index (χ4n) is 1.11. The van der Waals surface area contributed by atoms with Crippen LogP contribution < -0.4 is 10.6 Å². The van der Waals surface area contributed by atoms with Crippen molar-refractivity contribution in [3.8, 4) is 6.07 Å². The third-order valence-electron chi connectivity index (χ3n) is 2.54. The highest BCUT2D eigenvalue weighted by Gasteiger charge is 2.25. The van der Waals surface area contributed by atoms with Crippen LogP contribution in [0.15, 0.2) is 18.2 Å². The van der Waals surface area contributed by atoms with Gasteiger partial charge >= 0.3 is 0 Å². The molecule has 1 aromatic carbocycles. The van der Waals surface area contributed by atoms with E-state index in [4.69, 9.17) is 5.26 Å². The molecule has 0 aromatic heterocycles. The first-order valence-corrected chi connectivity index (χ1v) is 5.10. The van der Waals surface area contributed by atoms with Gasteiger partial charge in [-0.05, 0) is 39.1 Å². The van der Waals surface area contributed by atoms with Crippen LogP contribution in [0.1, 0.15) is 19.4 Å². The molecular weight excluding hydrogens is 221 g/mol. The minimum Gasteiger partial charge on any atom is -0.323 e. The van der Waals surface area contributed by atoms with E-state index in [1.807, 2.05) is 6.07 Å². The van der Waals surface area contributed by atoms with Crippen LogP contribution in [0, 0.1) is 17.1 Å². The van der Waals surface area contributed by atoms with Gasteiger partial charge in [-0.3, -0.25) is 4.79 Å². The highest BCUT2D eigenvalue weighted by atomic mass is 19.1. The second-order valence-electron chi connectivity index (χ2n) is 4.13. The first-order valence-electron chi connectivity index (χ1n) is 5.10. The molecule has 1 aromatic rings. The number of likely N-dealkylation sites (N-methyl/N-ethyl adjacent to an activating group) is 1. The summed E-state index contributed by atoms with van der Waals surface area (Å²) in [7, 11) is 1.66. The third kappa shape index (κ3) is 3.02. The van der Waals surface area contributed by atoms with Gasteiger partial charge in [-0.2, -0.15) is 5.26 Å². The number of benzene rings is 1. The van der Waals surface area contributed by atoms with E-state index in [-0.39, 0.29) is 11.5 Å². The van der Waals surface area contributed by atoms with Gasteiger partial charge in [0.25, 0.3) is 0 Å². The first kappa shape index (κ1) is 13.1. The van der Waals surface area contributed by atoms with Gasteiger partial charge in [0.05, 0.1) is 16.8 Å². The molecule has 1 rings (SSSR count). The Hall–Kier alpha value is -1.93. The second-order valence-corrected chi connectivity index (χ2v) is 4.13. The molecule has 0 radical (unpaired) electrons. The minimum atomic E-state index is -0.763. The summed E-state index contributed by atoms with van der Waals surface area (Å²) in [6, 6.07) is 5.49. The van der Waals surface area contributed by atoms with Crippen molar-refractivity contribution in [2.24, 2.45) is 0 Å². The van der Waals surface area contributed by atoms with Crippen LogP contribution in [0.4, 0.5) is 10.1 Å². The Balaban J connectivity index is 2.97. The van der Waals surface area contributed by atoms with Gasteiger partial charge < -0.3 is 10.6 Å². The van der Waals surface area contributed by atoms with Gasteiger partial charge in [0.2, 0.25) is 5.91 Å². The van der Waals surface area contributed by atoms with Gasteiger partial charge in [0.1, 0.15) is 11.9 Å². The van der Waals surface area contributed by atoms with Crippen LogP contribution in [0.2, 0.25) is 0 Å². The Bertz CT molecular complexity index is 477. The monoisotopic (exact) mass is 235 g/mol. The summed E-state index contributed by atoms with van der Waals surface area (Å²) in [5.74, 6) is -0.796. The molecule has 5 heteroatoms. The summed E-state index contributed by atoms with van der Waals surface area (Å²) in [4.78, 5) is 11.8. The molecule has 0 atom stereocenters. The van der Waals surface area contributed by atoms with E-state index in [1.54, 1.807) is 20.9 Å². The number of hydrogen-bond donors (Lipinski definition) is 2. The maximum Gasteiger partial charge on any atom is 0.244 e. The molecule has 0 heterocycles. The molecule has 0 bridgehead atoms. The molecular formula is C12H14FN3O. The lowest BCUT2D eigenvalue weighted by molar-refractivity contribution is -0.121. The highest BCUT2D eigenvalue weighted by Crippen LogP contribution is 2.17.